The third-order valence-corrected chi connectivity index (χ3v) is 5.40. The summed E-state index contributed by atoms with van der Waals surface area (Å²) >= 11 is 0. The molecule has 0 aliphatic carbocycles. The molecule has 0 heterocycles. The maximum absolute atomic E-state index is 10.5. The molecule has 2 atom stereocenters. The molecule has 0 radical (unpaired) electrons. The van der Waals surface area contributed by atoms with Crippen LogP contribution < -0.4 is 5.32 Å². The first kappa shape index (κ1) is 20.2. The molecular formula is C26H31NO. The Kier molecular flexibility index (Phi) is 7.27. The topological polar surface area (TPSA) is 32.3 Å². The summed E-state index contributed by atoms with van der Waals surface area (Å²) in [6, 6.07) is 27.5. The van der Waals surface area contributed by atoms with Crippen LogP contribution in [0.1, 0.15) is 47.9 Å². The van der Waals surface area contributed by atoms with E-state index in [0.29, 0.717) is 11.8 Å². The molecule has 0 spiro atoms. The minimum Gasteiger partial charge on any atom is -0.508 e. The van der Waals surface area contributed by atoms with E-state index >= 15 is 0 Å². The Morgan fingerprint density at radius 2 is 1.54 bits per heavy atom. The third kappa shape index (κ3) is 5.71. The molecular weight excluding hydrogens is 342 g/mol. The lowest BCUT2D eigenvalue weighted by Gasteiger charge is -2.21. The second-order valence-corrected chi connectivity index (χ2v) is 7.69. The van der Waals surface area contributed by atoms with Gasteiger partial charge in [-0.3, -0.25) is 0 Å². The Hall–Kier alpha value is -2.58. The van der Waals surface area contributed by atoms with E-state index in [1.54, 1.807) is 0 Å². The maximum atomic E-state index is 10.5. The molecule has 2 nitrogen and oxygen atoms in total. The Morgan fingerprint density at radius 3 is 2.25 bits per heavy atom. The van der Waals surface area contributed by atoms with Crippen LogP contribution in [0.4, 0.5) is 0 Å². The average molecular weight is 374 g/mol. The third-order valence-electron chi connectivity index (χ3n) is 5.40. The second-order valence-electron chi connectivity index (χ2n) is 7.69. The Labute approximate surface area is 169 Å². The molecule has 2 heteroatoms. The molecule has 146 valence electrons. The van der Waals surface area contributed by atoms with Crippen molar-refractivity contribution >= 4 is 0 Å². The van der Waals surface area contributed by atoms with Gasteiger partial charge in [0.25, 0.3) is 0 Å². The van der Waals surface area contributed by atoms with E-state index < -0.39 is 0 Å². The average Bonchev–Trinajstić information content (AvgIpc) is 2.73. The first-order valence-electron chi connectivity index (χ1n) is 10.2. The minimum absolute atomic E-state index is 0.190. The summed E-state index contributed by atoms with van der Waals surface area (Å²) < 4.78 is 0. The van der Waals surface area contributed by atoms with E-state index in [-0.39, 0.29) is 5.92 Å². The molecule has 0 aromatic heterocycles. The van der Waals surface area contributed by atoms with Crippen LogP contribution >= 0.6 is 0 Å². The molecule has 28 heavy (non-hydrogen) atoms. The normalized spacial score (nSPS) is 13.2. The van der Waals surface area contributed by atoms with Crippen molar-refractivity contribution in [2.75, 3.05) is 6.54 Å². The van der Waals surface area contributed by atoms with Gasteiger partial charge < -0.3 is 10.4 Å². The van der Waals surface area contributed by atoms with Crippen LogP contribution in [0.3, 0.4) is 0 Å². The van der Waals surface area contributed by atoms with Crippen molar-refractivity contribution in [3.05, 3.63) is 101 Å². The van der Waals surface area contributed by atoms with Crippen molar-refractivity contribution in [3.63, 3.8) is 0 Å². The molecule has 0 saturated heterocycles. The summed E-state index contributed by atoms with van der Waals surface area (Å²) in [6.07, 6.45) is 3.17. The van der Waals surface area contributed by atoms with Crippen molar-refractivity contribution < 1.29 is 5.11 Å². The summed E-state index contributed by atoms with van der Waals surface area (Å²) in [5.74, 6) is 0.575. The van der Waals surface area contributed by atoms with Crippen molar-refractivity contribution in [1.29, 1.82) is 0 Å². The van der Waals surface area contributed by atoms with Gasteiger partial charge >= 0.3 is 0 Å². The number of hydrogen-bond acceptors (Lipinski definition) is 2. The number of aryl methyl sites for hydroxylation is 2. The van der Waals surface area contributed by atoms with Crippen molar-refractivity contribution in [3.8, 4) is 5.75 Å². The fourth-order valence-corrected chi connectivity index (χ4v) is 3.74. The van der Waals surface area contributed by atoms with Gasteiger partial charge in [0, 0.05) is 17.5 Å². The fraction of sp³-hybridized carbons (Fsp3) is 0.308. The second kappa shape index (κ2) is 10.1. The quantitative estimate of drug-likeness (QED) is 0.494. The zero-order valence-electron chi connectivity index (χ0n) is 16.9. The van der Waals surface area contributed by atoms with Gasteiger partial charge in [-0.05, 0) is 56.8 Å². The van der Waals surface area contributed by atoms with Crippen molar-refractivity contribution in [2.45, 2.75) is 45.1 Å². The van der Waals surface area contributed by atoms with Crippen LogP contribution in [-0.2, 0) is 6.42 Å². The van der Waals surface area contributed by atoms with Crippen LogP contribution in [-0.4, -0.2) is 17.7 Å². The summed E-state index contributed by atoms with van der Waals surface area (Å²) in [4.78, 5) is 0. The summed E-state index contributed by atoms with van der Waals surface area (Å²) in [6.45, 7) is 5.25. The van der Waals surface area contributed by atoms with E-state index in [1.807, 2.05) is 18.2 Å². The van der Waals surface area contributed by atoms with Gasteiger partial charge in [-0.25, -0.2) is 0 Å². The Bertz CT molecular complexity index is 845. The van der Waals surface area contributed by atoms with Gasteiger partial charge in [-0.2, -0.15) is 0 Å². The SMILES string of the molecule is Cc1ccc(O)c(C(CCNC(C)CCc2ccccc2)c2ccccc2)c1. The molecule has 0 aliphatic heterocycles. The molecule has 3 rings (SSSR count). The van der Waals surface area contributed by atoms with E-state index in [9.17, 15) is 5.11 Å². The molecule has 0 bridgehead atoms. The number of nitrogens with one attached hydrogen (secondary N) is 1. The molecule has 0 saturated carbocycles. The highest BCUT2D eigenvalue weighted by Crippen LogP contribution is 2.34. The fourth-order valence-electron chi connectivity index (χ4n) is 3.74. The standard InChI is InChI=1S/C26H31NO/c1-20-13-16-26(28)25(19-20)24(23-11-7-4-8-12-23)17-18-27-21(2)14-15-22-9-5-3-6-10-22/h3-13,16,19,21,24,27-28H,14-15,17-18H2,1-2H3. The van der Waals surface area contributed by atoms with Gasteiger partial charge in [-0.15, -0.1) is 0 Å². The van der Waals surface area contributed by atoms with E-state index in [0.717, 1.165) is 31.4 Å². The Balaban J connectivity index is 1.61. The number of aromatic hydroxyl groups is 1. The Morgan fingerprint density at radius 1 is 0.857 bits per heavy atom. The summed E-state index contributed by atoms with van der Waals surface area (Å²) in [7, 11) is 0. The van der Waals surface area contributed by atoms with Crippen LogP contribution in [0.25, 0.3) is 0 Å². The zero-order valence-corrected chi connectivity index (χ0v) is 16.9. The smallest absolute Gasteiger partial charge is 0.119 e. The van der Waals surface area contributed by atoms with E-state index in [4.69, 9.17) is 0 Å². The predicted octanol–water partition coefficient (Wildman–Crippen LogP) is 5.83. The van der Waals surface area contributed by atoms with Gasteiger partial charge in [0.15, 0.2) is 0 Å². The number of phenolic OH excluding ortho intramolecular Hbond substituents is 1. The van der Waals surface area contributed by atoms with Gasteiger partial charge in [0.2, 0.25) is 0 Å². The number of rotatable bonds is 9. The first-order chi connectivity index (χ1) is 13.6. The van der Waals surface area contributed by atoms with Gasteiger partial charge in [0.1, 0.15) is 5.75 Å². The lowest BCUT2D eigenvalue weighted by atomic mass is 9.87. The monoisotopic (exact) mass is 373 g/mol. The highest BCUT2D eigenvalue weighted by molar-refractivity contribution is 5.43. The molecule has 3 aromatic carbocycles. The van der Waals surface area contributed by atoms with Gasteiger partial charge in [-0.1, -0.05) is 78.4 Å². The molecule has 2 N–H and O–H groups in total. The van der Waals surface area contributed by atoms with Crippen LogP contribution in [0.5, 0.6) is 5.75 Å². The molecule has 0 fully saturated rings. The zero-order chi connectivity index (χ0) is 19.8. The highest BCUT2D eigenvalue weighted by Gasteiger charge is 2.18. The number of benzene rings is 3. The summed E-state index contributed by atoms with van der Waals surface area (Å²) in [5.41, 5.74) is 4.84. The van der Waals surface area contributed by atoms with Crippen LogP contribution in [0.15, 0.2) is 78.9 Å². The van der Waals surface area contributed by atoms with E-state index in [2.05, 4.69) is 79.8 Å². The highest BCUT2D eigenvalue weighted by atomic mass is 16.3. The summed E-state index contributed by atoms with van der Waals surface area (Å²) in [5, 5.41) is 14.1. The number of phenols is 1. The lowest BCUT2D eigenvalue weighted by Crippen LogP contribution is -2.28. The predicted molar refractivity (Wildman–Crippen MR) is 118 cm³/mol. The van der Waals surface area contributed by atoms with Crippen LogP contribution in [0.2, 0.25) is 0 Å². The maximum Gasteiger partial charge on any atom is 0.119 e. The van der Waals surface area contributed by atoms with Gasteiger partial charge in [0.05, 0.1) is 0 Å². The van der Waals surface area contributed by atoms with Crippen molar-refractivity contribution in [1.82, 2.24) is 5.32 Å². The van der Waals surface area contributed by atoms with Crippen molar-refractivity contribution in [2.24, 2.45) is 0 Å². The first-order valence-corrected chi connectivity index (χ1v) is 10.2. The largest absolute Gasteiger partial charge is 0.508 e. The number of hydrogen-bond donors (Lipinski definition) is 2. The molecule has 2 unspecified atom stereocenters. The minimum atomic E-state index is 0.190. The lowest BCUT2D eigenvalue weighted by molar-refractivity contribution is 0.456. The van der Waals surface area contributed by atoms with Crippen LogP contribution in [0, 0.1) is 6.92 Å². The molecule has 0 amide bonds. The molecule has 0 aliphatic rings. The molecule has 3 aromatic rings. The van der Waals surface area contributed by atoms with E-state index in [1.165, 1.54) is 16.7 Å².